The van der Waals surface area contributed by atoms with Gasteiger partial charge in [0.05, 0.1) is 12.3 Å². The number of ether oxygens (including phenoxy) is 1. The van der Waals surface area contributed by atoms with Gasteiger partial charge in [0.15, 0.2) is 0 Å². The van der Waals surface area contributed by atoms with E-state index in [0.29, 0.717) is 24.7 Å². The molecular formula is C18H23N3O4. The number of hydrogen-bond acceptors (Lipinski definition) is 5. The van der Waals surface area contributed by atoms with Crippen LogP contribution in [0.15, 0.2) is 30.5 Å². The number of nitrogens with one attached hydrogen (secondary N) is 1. The van der Waals surface area contributed by atoms with Crippen LogP contribution in [0.1, 0.15) is 43.0 Å². The maximum Gasteiger partial charge on any atom is 0.313 e. The van der Waals surface area contributed by atoms with Crippen LogP contribution in [0.2, 0.25) is 0 Å². The molecule has 1 heterocycles. The number of aromatic nitrogens is 2. The Balaban J connectivity index is 2.19. The molecular weight excluding hydrogens is 322 g/mol. The average molecular weight is 345 g/mol. The Morgan fingerprint density at radius 1 is 1.28 bits per heavy atom. The van der Waals surface area contributed by atoms with Crippen LogP contribution in [0.3, 0.4) is 0 Å². The number of anilines is 1. The van der Waals surface area contributed by atoms with Gasteiger partial charge in [0.1, 0.15) is 23.7 Å². The summed E-state index contributed by atoms with van der Waals surface area (Å²) in [6, 6.07) is 6.46. The molecule has 25 heavy (non-hydrogen) atoms. The SMILES string of the molecule is CCCCn1cc(C(=O)Nc2ccccc2O)nc1CC(=O)OCC. The highest BCUT2D eigenvalue weighted by atomic mass is 16.5. The molecule has 0 saturated heterocycles. The first-order chi connectivity index (χ1) is 12.0. The number of rotatable bonds is 8. The largest absolute Gasteiger partial charge is 0.506 e. The molecule has 2 aromatic rings. The van der Waals surface area contributed by atoms with Gasteiger partial charge in [-0.25, -0.2) is 4.98 Å². The van der Waals surface area contributed by atoms with E-state index in [0.717, 1.165) is 12.8 Å². The first kappa shape index (κ1) is 18.5. The van der Waals surface area contributed by atoms with E-state index < -0.39 is 5.91 Å². The summed E-state index contributed by atoms with van der Waals surface area (Å²) in [5, 5.41) is 12.4. The molecule has 2 N–H and O–H groups in total. The second kappa shape index (κ2) is 8.86. The number of para-hydroxylation sites is 2. The number of hydrogen-bond donors (Lipinski definition) is 2. The van der Waals surface area contributed by atoms with Gasteiger partial charge in [0.25, 0.3) is 5.91 Å². The van der Waals surface area contributed by atoms with E-state index in [-0.39, 0.29) is 23.8 Å². The normalized spacial score (nSPS) is 10.5. The van der Waals surface area contributed by atoms with E-state index in [9.17, 15) is 14.7 Å². The molecule has 134 valence electrons. The first-order valence-electron chi connectivity index (χ1n) is 8.36. The van der Waals surface area contributed by atoms with Crippen molar-refractivity contribution in [1.29, 1.82) is 0 Å². The molecule has 1 aromatic heterocycles. The van der Waals surface area contributed by atoms with E-state index >= 15 is 0 Å². The van der Waals surface area contributed by atoms with E-state index in [1.807, 2.05) is 0 Å². The number of benzene rings is 1. The fourth-order valence-corrected chi connectivity index (χ4v) is 2.33. The molecule has 0 bridgehead atoms. The summed E-state index contributed by atoms with van der Waals surface area (Å²) in [4.78, 5) is 28.4. The van der Waals surface area contributed by atoms with Gasteiger partial charge in [0.2, 0.25) is 0 Å². The Bertz CT molecular complexity index is 740. The monoisotopic (exact) mass is 345 g/mol. The molecule has 0 saturated carbocycles. The van der Waals surface area contributed by atoms with Crippen LogP contribution >= 0.6 is 0 Å². The molecule has 0 aliphatic carbocycles. The van der Waals surface area contributed by atoms with Crippen molar-refractivity contribution in [2.24, 2.45) is 0 Å². The number of aryl methyl sites for hydroxylation is 1. The molecule has 0 aliphatic rings. The summed E-state index contributed by atoms with van der Waals surface area (Å²) in [7, 11) is 0. The zero-order valence-electron chi connectivity index (χ0n) is 14.5. The highest BCUT2D eigenvalue weighted by molar-refractivity contribution is 6.03. The number of aromatic hydroxyl groups is 1. The number of carbonyl (C=O) groups excluding carboxylic acids is 2. The number of imidazole rings is 1. The minimum Gasteiger partial charge on any atom is -0.506 e. The second-order valence-electron chi connectivity index (χ2n) is 5.54. The maximum absolute atomic E-state index is 12.4. The van der Waals surface area contributed by atoms with Gasteiger partial charge in [0, 0.05) is 12.7 Å². The van der Waals surface area contributed by atoms with Crippen molar-refractivity contribution in [2.75, 3.05) is 11.9 Å². The fraction of sp³-hybridized carbons (Fsp3) is 0.389. The molecule has 0 spiro atoms. The molecule has 0 fully saturated rings. The van der Waals surface area contributed by atoms with Crippen LogP contribution in [0, 0.1) is 0 Å². The highest BCUT2D eigenvalue weighted by Gasteiger charge is 2.18. The third kappa shape index (κ3) is 5.07. The topological polar surface area (TPSA) is 93.5 Å². The summed E-state index contributed by atoms with van der Waals surface area (Å²) in [5.74, 6) is -0.345. The van der Waals surface area contributed by atoms with Gasteiger partial charge >= 0.3 is 5.97 Å². The number of phenols is 1. The lowest BCUT2D eigenvalue weighted by Gasteiger charge is -2.06. The van der Waals surface area contributed by atoms with E-state index in [1.54, 1.807) is 35.9 Å². The number of phenolic OH excluding ortho intramolecular Hbond substituents is 1. The molecule has 0 radical (unpaired) electrons. The summed E-state index contributed by atoms with van der Waals surface area (Å²) < 4.78 is 6.77. The Morgan fingerprint density at radius 2 is 2.04 bits per heavy atom. The first-order valence-corrected chi connectivity index (χ1v) is 8.36. The Kier molecular flexibility index (Phi) is 6.56. The Hall–Kier alpha value is -2.83. The number of unbranched alkanes of at least 4 members (excludes halogenated alkanes) is 1. The van der Waals surface area contributed by atoms with Crippen LogP contribution in [0.4, 0.5) is 5.69 Å². The maximum atomic E-state index is 12.4. The standard InChI is InChI=1S/C18H23N3O4/c1-3-5-10-21-12-14(19-16(21)11-17(23)25-4-2)18(24)20-13-8-6-7-9-15(13)22/h6-9,12,22H,3-5,10-11H2,1-2H3,(H,20,24). The molecule has 7 nitrogen and oxygen atoms in total. The van der Waals surface area contributed by atoms with Crippen LogP contribution in [0.25, 0.3) is 0 Å². The summed E-state index contributed by atoms with van der Waals surface area (Å²) >= 11 is 0. The minimum atomic E-state index is -0.443. The quantitative estimate of drug-likeness (QED) is 0.567. The third-order valence-corrected chi connectivity index (χ3v) is 3.60. The fourth-order valence-electron chi connectivity index (χ4n) is 2.33. The Morgan fingerprint density at radius 3 is 2.72 bits per heavy atom. The van der Waals surface area contributed by atoms with Crippen molar-refractivity contribution >= 4 is 17.6 Å². The van der Waals surface area contributed by atoms with Crippen molar-refractivity contribution in [3.63, 3.8) is 0 Å². The Labute approximate surface area is 146 Å². The number of carbonyl (C=O) groups is 2. The van der Waals surface area contributed by atoms with Gasteiger partial charge in [-0.2, -0.15) is 0 Å². The predicted octanol–water partition coefficient (Wildman–Crippen LogP) is 2.75. The van der Waals surface area contributed by atoms with Crippen molar-refractivity contribution in [2.45, 2.75) is 39.7 Å². The number of amides is 1. The smallest absolute Gasteiger partial charge is 0.313 e. The molecule has 0 unspecified atom stereocenters. The van der Waals surface area contributed by atoms with Crippen LogP contribution in [-0.4, -0.2) is 33.1 Å². The zero-order valence-corrected chi connectivity index (χ0v) is 14.5. The van der Waals surface area contributed by atoms with Crippen molar-refractivity contribution in [3.8, 4) is 5.75 Å². The second-order valence-corrected chi connectivity index (χ2v) is 5.54. The van der Waals surface area contributed by atoms with Crippen LogP contribution in [-0.2, 0) is 22.5 Å². The molecule has 1 aromatic carbocycles. The molecule has 0 atom stereocenters. The summed E-state index contributed by atoms with van der Waals surface area (Å²) in [6.45, 7) is 4.78. The van der Waals surface area contributed by atoms with E-state index in [1.165, 1.54) is 6.07 Å². The lowest BCUT2D eigenvalue weighted by atomic mass is 10.3. The lowest BCUT2D eigenvalue weighted by Crippen LogP contribution is -2.13. The third-order valence-electron chi connectivity index (χ3n) is 3.60. The predicted molar refractivity (Wildman–Crippen MR) is 93.5 cm³/mol. The minimum absolute atomic E-state index is 0.0153. The van der Waals surface area contributed by atoms with Gasteiger partial charge in [-0.15, -0.1) is 0 Å². The van der Waals surface area contributed by atoms with Crippen molar-refractivity contribution in [1.82, 2.24) is 9.55 Å². The summed E-state index contributed by atoms with van der Waals surface area (Å²) in [5.41, 5.74) is 0.501. The van der Waals surface area contributed by atoms with Gasteiger partial charge < -0.3 is 19.7 Å². The van der Waals surface area contributed by atoms with Crippen molar-refractivity contribution in [3.05, 3.63) is 42.0 Å². The highest BCUT2D eigenvalue weighted by Crippen LogP contribution is 2.22. The van der Waals surface area contributed by atoms with Gasteiger partial charge in [-0.3, -0.25) is 9.59 Å². The van der Waals surface area contributed by atoms with Gasteiger partial charge in [-0.05, 0) is 25.5 Å². The van der Waals surface area contributed by atoms with Gasteiger partial charge in [-0.1, -0.05) is 25.5 Å². The summed E-state index contributed by atoms with van der Waals surface area (Å²) in [6.07, 6.45) is 3.53. The van der Waals surface area contributed by atoms with E-state index in [4.69, 9.17) is 4.74 Å². The molecule has 1 amide bonds. The lowest BCUT2D eigenvalue weighted by molar-refractivity contribution is -0.142. The average Bonchev–Trinajstić information content (AvgIpc) is 2.98. The zero-order chi connectivity index (χ0) is 18.2. The number of nitrogens with zero attached hydrogens (tertiary/aromatic N) is 2. The molecule has 0 aliphatic heterocycles. The van der Waals surface area contributed by atoms with E-state index in [2.05, 4.69) is 17.2 Å². The van der Waals surface area contributed by atoms with Crippen LogP contribution in [0.5, 0.6) is 5.75 Å². The molecule has 2 rings (SSSR count). The van der Waals surface area contributed by atoms with Crippen LogP contribution < -0.4 is 5.32 Å². The van der Waals surface area contributed by atoms with Crippen molar-refractivity contribution < 1.29 is 19.4 Å². The molecule has 7 heteroatoms. The number of esters is 1.